The molecule has 0 aromatic carbocycles. The zero-order valence-electron chi connectivity index (χ0n) is 8.61. The highest BCUT2D eigenvalue weighted by atomic mass is 16.3. The van der Waals surface area contributed by atoms with Crippen LogP contribution in [0.3, 0.4) is 0 Å². The molecule has 0 spiro atoms. The highest BCUT2D eigenvalue weighted by molar-refractivity contribution is 5.02. The van der Waals surface area contributed by atoms with Crippen LogP contribution in [-0.2, 0) is 0 Å². The van der Waals surface area contributed by atoms with E-state index in [1.807, 2.05) is 0 Å². The number of hydrogen-bond donors (Lipinski definition) is 1. The first-order chi connectivity index (χ1) is 6.18. The topological polar surface area (TPSA) is 20.2 Å². The molecule has 62 valence electrons. The second-order valence-corrected chi connectivity index (χ2v) is 4.37. The van der Waals surface area contributed by atoms with Crippen molar-refractivity contribution in [2.24, 2.45) is 23.7 Å². The summed E-state index contributed by atoms with van der Waals surface area (Å²) in [6, 6.07) is 0. The maximum atomic E-state index is 9.73. The van der Waals surface area contributed by atoms with Gasteiger partial charge in [0.15, 0.2) is 0 Å². The standard InChI is InChI=1S/C10H16O/c11-10-5-6-4-9(10)8-3-1-2-7(6)8/h6-11H,1-5H2/i1D,3D. The van der Waals surface area contributed by atoms with E-state index in [4.69, 9.17) is 2.74 Å². The Labute approximate surface area is 70.6 Å². The van der Waals surface area contributed by atoms with Gasteiger partial charge in [-0.1, -0.05) is 6.40 Å². The lowest BCUT2D eigenvalue weighted by Gasteiger charge is -2.28. The van der Waals surface area contributed by atoms with Gasteiger partial charge >= 0.3 is 0 Å². The lowest BCUT2D eigenvalue weighted by Crippen LogP contribution is -2.27. The molecule has 0 aliphatic heterocycles. The van der Waals surface area contributed by atoms with E-state index in [2.05, 4.69) is 0 Å². The molecule has 0 heterocycles. The Bertz CT molecular complexity index is 231. The van der Waals surface area contributed by atoms with Crippen molar-refractivity contribution in [1.82, 2.24) is 0 Å². The normalized spacial score (nSPS) is 76.3. The molecule has 3 rings (SSSR count). The molecule has 0 radical (unpaired) electrons. The summed E-state index contributed by atoms with van der Waals surface area (Å²) in [5.41, 5.74) is 0. The van der Waals surface area contributed by atoms with Crippen LogP contribution in [-0.4, -0.2) is 11.2 Å². The number of rotatable bonds is 0. The van der Waals surface area contributed by atoms with Crippen LogP contribution in [0.5, 0.6) is 0 Å². The first kappa shape index (κ1) is 4.86. The van der Waals surface area contributed by atoms with Crippen LogP contribution in [0.4, 0.5) is 0 Å². The van der Waals surface area contributed by atoms with Crippen molar-refractivity contribution in [3.05, 3.63) is 0 Å². The molecular formula is C10H16O. The van der Waals surface area contributed by atoms with Crippen molar-refractivity contribution in [3.8, 4) is 0 Å². The minimum atomic E-state index is -0.213. The first-order valence-electron chi connectivity index (χ1n) is 5.86. The van der Waals surface area contributed by atoms with Crippen LogP contribution in [0.2, 0.25) is 0 Å². The third-order valence-corrected chi connectivity index (χ3v) is 3.97. The fraction of sp³-hybridized carbons (Fsp3) is 1.00. The fourth-order valence-corrected chi connectivity index (χ4v) is 3.51. The zero-order chi connectivity index (χ0) is 9.16. The van der Waals surface area contributed by atoms with Gasteiger partial charge in [-0.2, -0.15) is 0 Å². The molecule has 7 unspecified atom stereocenters. The van der Waals surface area contributed by atoms with Crippen molar-refractivity contribution in [2.75, 3.05) is 0 Å². The van der Waals surface area contributed by atoms with Crippen LogP contribution >= 0.6 is 0 Å². The maximum Gasteiger partial charge on any atom is 0.0574 e. The van der Waals surface area contributed by atoms with Gasteiger partial charge in [-0.05, 0) is 49.3 Å². The number of hydrogen-bond acceptors (Lipinski definition) is 1. The summed E-state index contributed by atoms with van der Waals surface area (Å²) < 4.78 is 15.7. The van der Waals surface area contributed by atoms with E-state index in [9.17, 15) is 5.11 Å². The quantitative estimate of drug-likeness (QED) is 0.564. The Morgan fingerprint density at radius 1 is 1.18 bits per heavy atom. The SMILES string of the molecule is [2H]C1CC2C3CC(O)C(C3)C2C1[2H]. The smallest absolute Gasteiger partial charge is 0.0574 e. The Kier molecular flexibility index (Phi) is 0.886. The second kappa shape index (κ2) is 2.01. The minimum absolute atomic E-state index is 0.149. The van der Waals surface area contributed by atoms with Gasteiger partial charge in [-0.15, -0.1) is 0 Å². The Hall–Kier alpha value is -0.0400. The largest absolute Gasteiger partial charge is 0.393 e. The molecule has 11 heavy (non-hydrogen) atoms. The molecule has 3 aliphatic rings. The Morgan fingerprint density at radius 2 is 2.09 bits per heavy atom. The summed E-state index contributed by atoms with van der Waals surface area (Å²) in [5, 5.41) is 9.73. The minimum Gasteiger partial charge on any atom is -0.393 e. The summed E-state index contributed by atoms with van der Waals surface area (Å²) in [6.07, 6.45) is 2.47. The van der Waals surface area contributed by atoms with Crippen molar-refractivity contribution in [3.63, 3.8) is 0 Å². The lowest BCUT2D eigenvalue weighted by atomic mass is 9.80. The van der Waals surface area contributed by atoms with Crippen molar-refractivity contribution in [2.45, 2.75) is 38.2 Å². The van der Waals surface area contributed by atoms with Gasteiger partial charge in [0.1, 0.15) is 0 Å². The highest BCUT2D eigenvalue weighted by Gasteiger charge is 2.53. The highest BCUT2D eigenvalue weighted by Crippen LogP contribution is 2.58. The zero-order valence-corrected chi connectivity index (χ0v) is 6.61. The molecule has 1 heteroatoms. The molecule has 2 bridgehead atoms. The van der Waals surface area contributed by atoms with Gasteiger partial charge in [0.2, 0.25) is 0 Å². The molecule has 1 N–H and O–H groups in total. The molecule has 3 aliphatic carbocycles. The first-order valence-corrected chi connectivity index (χ1v) is 4.71. The molecule has 3 fully saturated rings. The fourth-order valence-electron chi connectivity index (χ4n) is 3.51. The van der Waals surface area contributed by atoms with E-state index >= 15 is 0 Å². The van der Waals surface area contributed by atoms with Crippen LogP contribution in [0, 0.1) is 23.7 Å². The van der Waals surface area contributed by atoms with E-state index in [-0.39, 0.29) is 18.9 Å². The van der Waals surface area contributed by atoms with Gasteiger partial charge in [0.05, 0.1) is 6.10 Å². The monoisotopic (exact) mass is 154 g/mol. The molecule has 1 nitrogen and oxygen atoms in total. The maximum absolute atomic E-state index is 9.73. The average Bonchev–Trinajstić information content (AvgIpc) is 2.66. The third kappa shape index (κ3) is 0.703. The molecule has 0 saturated heterocycles. The number of fused-ring (bicyclic) bond motifs is 5. The molecule has 7 atom stereocenters. The van der Waals surface area contributed by atoms with Gasteiger partial charge < -0.3 is 5.11 Å². The Morgan fingerprint density at radius 3 is 3.00 bits per heavy atom. The summed E-state index contributed by atoms with van der Waals surface area (Å²) in [4.78, 5) is 0. The number of aliphatic hydroxyl groups is 1. The summed E-state index contributed by atoms with van der Waals surface area (Å²) in [5.74, 6) is 1.98. The van der Waals surface area contributed by atoms with Gasteiger partial charge in [-0.3, -0.25) is 0 Å². The molecule has 0 aromatic heterocycles. The second-order valence-electron chi connectivity index (χ2n) is 4.37. The molecule has 0 aromatic rings. The van der Waals surface area contributed by atoms with E-state index in [1.165, 1.54) is 0 Å². The summed E-state index contributed by atoms with van der Waals surface area (Å²) in [7, 11) is 0. The van der Waals surface area contributed by atoms with Gasteiger partial charge in [-0.25, -0.2) is 0 Å². The lowest BCUT2D eigenvalue weighted by molar-refractivity contribution is 0.0642. The third-order valence-electron chi connectivity index (χ3n) is 3.97. The van der Waals surface area contributed by atoms with Crippen LogP contribution in [0.25, 0.3) is 0 Å². The van der Waals surface area contributed by atoms with E-state index in [1.54, 1.807) is 0 Å². The van der Waals surface area contributed by atoms with Crippen molar-refractivity contribution in [1.29, 1.82) is 0 Å². The predicted molar refractivity (Wildman–Crippen MR) is 43.1 cm³/mol. The van der Waals surface area contributed by atoms with E-state index in [0.29, 0.717) is 23.7 Å². The van der Waals surface area contributed by atoms with Crippen LogP contribution in [0.15, 0.2) is 0 Å². The van der Waals surface area contributed by atoms with Crippen molar-refractivity contribution < 1.29 is 7.85 Å². The van der Waals surface area contributed by atoms with Gasteiger partial charge in [0.25, 0.3) is 0 Å². The molecular weight excluding hydrogens is 136 g/mol. The summed E-state index contributed by atoms with van der Waals surface area (Å²) in [6.45, 7) is 0. The number of aliphatic hydroxyl groups excluding tert-OH is 1. The average molecular weight is 154 g/mol. The Balaban J connectivity index is 1.90. The van der Waals surface area contributed by atoms with Crippen LogP contribution in [0.1, 0.15) is 34.8 Å². The van der Waals surface area contributed by atoms with Crippen molar-refractivity contribution >= 4 is 0 Å². The summed E-state index contributed by atoms with van der Waals surface area (Å²) >= 11 is 0. The van der Waals surface area contributed by atoms with E-state index in [0.717, 1.165) is 19.3 Å². The van der Waals surface area contributed by atoms with E-state index < -0.39 is 0 Å². The van der Waals surface area contributed by atoms with Crippen LogP contribution < -0.4 is 0 Å². The predicted octanol–water partition coefficient (Wildman–Crippen LogP) is 1.80. The molecule has 3 saturated carbocycles. The molecule has 0 amide bonds. The van der Waals surface area contributed by atoms with Gasteiger partial charge in [0, 0.05) is 2.74 Å².